The van der Waals surface area contributed by atoms with Crippen LogP contribution in [0, 0.1) is 0 Å². The average Bonchev–Trinajstić information content (AvgIpc) is 2.53. The molecule has 1 heterocycles. The van der Waals surface area contributed by atoms with Gasteiger partial charge in [-0.25, -0.2) is 0 Å². The van der Waals surface area contributed by atoms with Crippen LogP contribution in [0.1, 0.15) is 31.4 Å². The highest BCUT2D eigenvalue weighted by Gasteiger charge is 2.24. The van der Waals surface area contributed by atoms with Crippen molar-refractivity contribution in [3.63, 3.8) is 0 Å². The van der Waals surface area contributed by atoms with Crippen LogP contribution in [0.2, 0.25) is 0 Å². The molecule has 1 fully saturated rings. The third-order valence-electron chi connectivity index (χ3n) is 4.35. The first kappa shape index (κ1) is 15.1. The van der Waals surface area contributed by atoms with Crippen LogP contribution in [0.4, 0.5) is 0 Å². The molecule has 1 saturated heterocycles. The Morgan fingerprint density at radius 2 is 2.10 bits per heavy atom. The SMILES string of the molecule is COc1ccc(C(C)N(C)C2CCCNC2)c(OC)c1. The molecule has 0 amide bonds. The second-order valence-electron chi connectivity index (χ2n) is 5.45. The molecule has 2 unspecified atom stereocenters. The molecule has 0 bridgehead atoms. The van der Waals surface area contributed by atoms with E-state index in [1.807, 2.05) is 12.1 Å². The summed E-state index contributed by atoms with van der Waals surface area (Å²) in [5.74, 6) is 1.73. The number of methoxy groups -OCH3 is 2. The highest BCUT2D eigenvalue weighted by atomic mass is 16.5. The Kier molecular flexibility index (Phi) is 5.26. The summed E-state index contributed by atoms with van der Waals surface area (Å²) in [6.45, 7) is 4.45. The zero-order valence-electron chi connectivity index (χ0n) is 13.0. The first-order chi connectivity index (χ1) is 9.67. The van der Waals surface area contributed by atoms with E-state index in [1.54, 1.807) is 14.2 Å². The van der Waals surface area contributed by atoms with Crippen LogP contribution in [-0.2, 0) is 0 Å². The van der Waals surface area contributed by atoms with E-state index in [4.69, 9.17) is 9.47 Å². The monoisotopic (exact) mass is 278 g/mol. The van der Waals surface area contributed by atoms with Gasteiger partial charge >= 0.3 is 0 Å². The average molecular weight is 278 g/mol. The summed E-state index contributed by atoms with van der Waals surface area (Å²) in [6, 6.07) is 6.97. The molecule has 4 nitrogen and oxygen atoms in total. The van der Waals surface area contributed by atoms with E-state index in [0.29, 0.717) is 12.1 Å². The van der Waals surface area contributed by atoms with Crippen LogP contribution in [0.25, 0.3) is 0 Å². The van der Waals surface area contributed by atoms with Crippen molar-refractivity contribution in [2.75, 3.05) is 34.4 Å². The van der Waals surface area contributed by atoms with E-state index in [1.165, 1.54) is 18.4 Å². The van der Waals surface area contributed by atoms with Gasteiger partial charge in [-0.3, -0.25) is 4.90 Å². The topological polar surface area (TPSA) is 33.7 Å². The van der Waals surface area contributed by atoms with Crippen molar-refractivity contribution in [3.05, 3.63) is 23.8 Å². The molecule has 112 valence electrons. The summed E-state index contributed by atoms with van der Waals surface area (Å²) < 4.78 is 10.8. The van der Waals surface area contributed by atoms with Gasteiger partial charge in [-0.2, -0.15) is 0 Å². The molecular weight excluding hydrogens is 252 g/mol. The molecule has 4 heteroatoms. The quantitative estimate of drug-likeness (QED) is 0.897. The van der Waals surface area contributed by atoms with Gasteiger partial charge in [0, 0.05) is 30.3 Å². The maximum absolute atomic E-state index is 5.52. The Balaban J connectivity index is 2.16. The van der Waals surface area contributed by atoms with Gasteiger partial charge in [0.05, 0.1) is 14.2 Å². The molecule has 2 rings (SSSR count). The lowest BCUT2D eigenvalue weighted by atomic mass is 10.0. The van der Waals surface area contributed by atoms with Crippen molar-refractivity contribution in [3.8, 4) is 11.5 Å². The third kappa shape index (κ3) is 3.25. The van der Waals surface area contributed by atoms with Crippen LogP contribution in [-0.4, -0.2) is 45.3 Å². The van der Waals surface area contributed by atoms with Gasteiger partial charge in [-0.1, -0.05) is 6.07 Å². The Morgan fingerprint density at radius 1 is 1.30 bits per heavy atom. The molecule has 1 aromatic rings. The molecule has 0 aromatic heterocycles. The molecular formula is C16H26N2O2. The lowest BCUT2D eigenvalue weighted by Gasteiger charge is -2.36. The van der Waals surface area contributed by atoms with Gasteiger partial charge in [0.25, 0.3) is 0 Å². The van der Waals surface area contributed by atoms with Crippen molar-refractivity contribution >= 4 is 0 Å². The minimum Gasteiger partial charge on any atom is -0.497 e. The maximum Gasteiger partial charge on any atom is 0.127 e. The van der Waals surface area contributed by atoms with Crippen molar-refractivity contribution < 1.29 is 9.47 Å². The van der Waals surface area contributed by atoms with E-state index in [-0.39, 0.29) is 0 Å². The van der Waals surface area contributed by atoms with Crippen molar-refractivity contribution in [1.29, 1.82) is 0 Å². The van der Waals surface area contributed by atoms with E-state index in [0.717, 1.165) is 24.6 Å². The second kappa shape index (κ2) is 6.95. The number of benzene rings is 1. The van der Waals surface area contributed by atoms with E-state index >= 15 is 0 Å². The van der Waals surface area contributed by atoms with E-state index in [2.05, 4.69) is 30.3 Å². The molecule has 20 heavy (non-hydrogen) atoms. The van der Waals surface area contributed by atoms with Crippen LogP contribution < -0.4 is 14.8 Å². The standard InChI is InChI=1S/C16H26N2O2/c1-12(18(2)13-6-5-9-17-11-13)15-8-7-14(19-3)10-16(15)20-4/h7-8,10,12-13,17H,5-6,9,11H2,1-4H3. The molecule has 0 radical (unpaired) electrons. The molecule has 1 N–H and O–H groups in total. The van der Waals surface area contributed by atoms with Gasteiger partial charge in [-0.05, 0) is 39.4 Å². The number of piperidine rings is 1. The normalized spacial score (nSPS) is 20.8. The predicted octanol–water partition coefficient (Wildman–Crippen LogP) is 2.45. The number of ether oxygens (including phenoxy) is 2. The van der Waals surface area contributed by atoms with Crippen molar-refractivity contribution in [2.45, 2.75) is 31.8 Å². The summed E-state index contributed by atoms with van der Waals surface area (Å²) in [5, 5.41) is 3.48. The number of hydrogen-bond acceptors (Lipinski definition) is 4. The summed E-state index contributed by atoms with van der Waals surface area (Å²) in [6.07, 6.45) is 2.51. The Labute approximate surface area is 122 Å². The number of rotatable bonds is 5. The van der Waals surface area contributed by atoms with Gasteiger partial charge in [0.2, 0.25) is 0 Å². The predicted molar refractivity (Wildman–Crippen MR) is 81.6 cm³/mol. The molecule has 2 atom stereocenters. The zero-order valence-corrected chi connectivity index (χ0v) is 13.0. The fraction of sp³-hybridized carbons (Fsp3) is 0.625. The molecule has 0 aliphatic carbocycles. The molecule has 1 aromatic carbocycles. The maximum atomic E-state index is 5.52. The van der Waals surface area contributed by atoms with E-state index < -0.39 is 0 Å². The largest absolute Gasteiger partial charge is 0.497 e. The van der Waals surface area contributed by atoms with Gasteiger partial charge in [-0.15, -0.1) is 0 Å². The van der Waals surface area contributed by atoms with Crippen LogP contribution >= 0.6 is 0 Å². The zero-order chi connectivity index (χ0) is 14.5. The fourth-order valence-corrected chi connectivity index (χ4v) is 2.88. The number of likely N-dealkylation sites (N-methyl/N-ethyl adjacent to an activating group) is 1. The lowest BCUT2D eigenvalue weighted by Crippen LogP contribution is -2.45. The van der Waals surface area contributed by atoms with Gasteiger partial charge in [0.1, 0.15) is 11.5 Å². The summed E-state index contributed by atoms with van der Waals surface area (Å²) in [7, 11) is 5.59. The van der Waals surface area contributed by atoms with Crippen LogP contribution in [0.15, 0.2) is 18.2 Å². The second-order valence-corrected chi connectivity index (χ2v) is 5.45. The minimum absolute atomic E-state index is 0.320. The minimum atomic E-state index is 0.320. The third-order valence-corrected chi connectivity index (χ3v) is 4.35. The van der Waals surface area contributed by atoms with Gasteiger partial charge < -0.3 is 14.8 Å². The summed E-state index contributed by atoms with van der Waals surface area (Å²) in [5.41, 5.74) is 1.21. The van der Waals surface area contributed by atoms with Gasteiger partial charge in [0.15, 0.2) is 0 Å². The Hall–Kier alpha value is -1.26. The molecule has 0 spiro atoms. The summed E-state index contributed by atoms with van der Waals surface area (Å²) in [4.78, 5) is 2.44. The van der Waals surface area contributed by atoms with Crippen LogP contribution in [0.5, 0.6) is 11.5 Å². The number of nitrogens with zero attached hydrogens (tertiary/aromatic N) is 1. The lowest BCUT2D eigenvalue weighted by molar-refractivity contribution is 0.154. The molecule has 1 aliphatic rings. The van der Waals surface area contributed by atoms with Crippen molar-refractivity contribution in [1.82, 2.24) is 10.2 Å². The highest BCUT2D eigenvalue weighted by Crippen LogP contribution is 2.33. The number of nitrogens with one attached hydrogen (secondary N) is 1. The first-order valence-corrected chi connectivity index (χ1v) is 7.32. The van der Waals surface area contributed by atoms with Crippen molar-refractivity contribution in [2.24, 2.45) is 0 Å². The van der Waals surface area contributed by atoms with Crippen LogP contribution in [0.3, 0.4) is 0 Å². The smallest absolute Gasteiger partial charge is 0.127 e. The molecule has 0 saturated carbocycles. The fourth-order valence-electron chi connectivity index (χ4n) is 2.88. The Bertz CT molecular complexity index is 430. The summed E-state index contributed by atoms with van der Waals surface area (Å²) >= 11 is 0. The highest BCUT2D eigenvalue weighted by molar-refractivity contribution is 5.42. The Morgan fingerprint density at radius 3 is 2.70 bits per heavy atom. The van der Waals surface area contributed by atoms with E-state index in [9.17, 15) is 0 Å². The number of hydrogen-bond donors (Lipinski definition) is 1. The first-order valence-electron chi connectivity index (χ1n) is 7.32. The molecule has 1 aliphatic heterocycles.